The van der Waals surface area contributed by atoms with Gasteiger partial charge in [-0.1, -0.05) is 0 Å². The SMILES string of the molecule is CC1Nc2oc(Br)cc2NC1=O. The van der Waals surface area contributed by atoms with Crippen LogP contribution >= 0.6 is 15.9 Å². The van der Waals surface area contributed by atoms with Gasteiger partial charge in [-0.05, 0) is 22.9 Å². The molecule has 64 valence electrons. The third kappa shape index (κ3) is 1.10. The van der Waals surface area contributed by atoms with Gasteiger partial charge in [0.2, 0.25) is 11.8 Å². The number of fused-ring (bicyclic) bond motifs is 1. The number of halogens is 1. The first-order chi connectivity index (χ1) is 5.66. The second-order valence-electron chi connectivity index (χ2n) is 2.65. The number of carbonyl (C=O) groups is 1. The lowest BCUT2D eigenvalue weighted by atomic mass is 10.2. The number of anilines is 2. The van der Waals surface area contributed by atoms with E-state index in [2.05, 4.69) is 26.6 Å². The van der Waals surface area contributed by atoms with Crippen molar-refractivity contribution in [3.05, 3.63) is 10.7 Å². The van der Waals surface area contributed by atoms with E-state index in [0.29, 0.717) is 16.2 Å². The molecule has 1 aliphatic rings. The van der Waals surface area contributed by atoms with Gasteiger partial charge < -0.3 is 15.1 Å². The summed E-state index contributed by atoms with van der Waals surface area (Å²) in [6, 6.07) is 1.47. The van der Waals surface area contributed by atoms with Crippen LogP contribution in [0, 0.1) is 0 Å². The summed E-state index contributed by atoms with van der Waals surface area (Å²) in [5, 5.41) is 5.63. The van der Waals surface area contributed by atoms with Crippen molar-refractivity contribution in [2.45, 2.75) is 13.0 Å². The monoisotopic (exact) mass is 230 g/mol. The molecule has 4 nitrogen and oxygen atoms in total. The second-order valence-corrected chi connectivity index (χ2v) is 3.43. The van der Waals surface area contributed by atoms with Gasteiger partial charge in [-0.3, -0.25) is 4.79 Å². The Hall–Kier alpha value is -0.970. The van der Waals surface area contributed by atoms with Crippen molar-refractivity contribution in [3.63, 3.8) is 0 Å². The molecular formula is C7H7BrN2O2. The Labute approximate surface area is 77.4 Å². The number of hydrogen-bond donors (Lipinski definition) is 2. The first kappa shape index (κ1) is 7.67. The van der Waals surface area contributed by atoms with Crippen molar-refractivity contribution >= 4 is 33.4 Å². The number of furan rings is 1. The fourth-order valence-corrected chi connectivity index (χ4v) is 1.45. The quantitative estimate of drug-likeness (QED) is 0.715. The van der Waals surface area contributed by atoms with E-state index >= 15 is 0 Å². The van der Waals surface area contributed by atoms with Crippen LogP contribution in [-0.2, 0) is 4.79 Å². The number of amides is 1. The minimum Gasteiger partial charge on any atom is -0.432 e. The van der Waals surface area contributed by atoms with Gasteiger partial charge in [-0.25, -0.2) is 0 Å². The molecule has 1 aliphatic heterocycles. The summed E-state index contributed by atoms with van der Waals surface area (Å²) in [6.07, 6.45) is 0. The predicted octanol–water partition coefficient (Wildman–Crippen LogP) is 1.79. The Morgan fingerprint density at radius 2 is 2.42 bits per heavy atom. The van der Waals surface area contributed by atoms with Crippen molar-refractivity contribution in [1.29, 1.82) is 0 Å². The van der Waals surface area contributed by atoms with Gasteiger partial charge in [-0.2, -0.15) is 0 Å². The molecule has 1 aromatic rings. The molecule has 1 unspecified atom stereocenters. The van der Waals surface area contributed by atoms with E-state index in [-0.39, 0.29) is 11.9 Å². The van der Waals surface area contributed by atoms with Crippen LogP contribution in [0.15, 0.2) is 15.2 Å². The summed E-state index contributed by atoms with van der Waals surface area (Å²) in [5.41, 5.74) is 0.685. The third-order valence-corrected chi connectivity index (χ3v) is 2.09. The zero-order valence-electron chi connectivity index (χ0n) is 6.35. The Morgan fingerprint density at radius 3 is 3.17 bits per heavy atom. The average molecular weight is 231 g/mol. The van der Waals surface area contributed by atoms with Crippen LogP contribution in [0.5, 0.6) is 0 Å². The number of nitrogens with one attached hydrogen (secondary N) is 2. The van der Waals surface area contributed by atoms with Gasteiger partial charge in [0, 0.05) is 6.07 Å². The zero-order chi connectivity index (χ0) is 8.72. The molecule has 1 amide bonds. The molecule has 0 aromatic carbocycles. The maximum atomic E-state index is 11.1. The van der Waals surface area contributed by atoms with Crippen LogP contribution in [0.1, 0.15) is 6.92 Å². The van der Waals surface area contributed by atoms with Crippen molar-refractivity contribution < 1.29 is 9.21 Å². The molecule has 2 rings (SSSR count). The summed E-state index contributed by atoms with van der Waals surface area (Å²) >= 11 is 3.17. The van der Waals surface area contributed by atoms with Gasteiger partial charge in [0.25, 0.3) is 0 Å². The molecule has 2 N–H and O–H groups in total. The summed E-state index contributed by atoms with van der Waals surface area (Å²) < 4.78 is 5.82. The lowest BCUT2D eigenvalue weighted by Crippen LogP contribution is -2.35. The molecule has 1 aromatic heterocycles. The van der Waals surface area contributed by atoms with E-state index in [1.165, 1.54) is 0 Å². The summed E-state index contributed by atoms with van der Waals surface area (Å²) in [6.45, 7) is 1.77. The first-order valence-electron chi connectivity index (χ1n) is 3.53. The van der Waals surface area contributed by atoms with Crippen LogP contribution in [0.25, 0.3) is 0 Å². The Morgan fingerprint density at radius 1 is 1.67 bits per heavy atom. The van der Waals surface area contributed by atoms with E-state index in [4.69, 9.17) is 4.42 Å². The van der Waals surface area contributed by atoms with Crippen molar-refractivity contribution in [1.82, 2.24) is 0 Å². The van der Waals surface area contributed by atoms with Crippen LogP contribution in [-0.4, -0.2) is 11.9 Å². The molecule has 5 heteroatoms. The lowest BCUT2D eigenvalue weighted by molar-refractivity contribution is -0.116. The molecule has 12 heavy (non-hydrogen) atoms. The highest BCUT2D eigenvalue weighted by Crippen LogP contribution is 2.32. The highest BCUT2D eigenvalue weighted by molar-refractivity contribution is 9.10. The fraction of sp³-hybridized carbons (Fsp3) is 0.286. The summed E-state index contributed by atoms with van der Waals surface area (Å²) in [4.78, 5) is 11.1. The Kier molecular flexibility index (Phi) is 1.61. The average Bonchev–Trinajstić information content (AvgIpc) is 2.30. The van der Waals surface area contributed by atoms with Gasteiger partial charge >= 0.3 is 0 Å². The van der Waals surface area contributed by atoms with Crippen LogP contribution in [0.2, 0.25) is 0 Å². The molecule has 0 aliphatic carbocycles. The van der Waals surface area contributed by atoms with Crippen molar-refractivity contribution in [3.8, 4) is 0 Å². The van der Waals surface area contributed by atoms with Crippen LogP contribution in [0.4, 0.5) is 11.6 Å². The maximum Gasteiger partial charge on any atom is 0.246 e. The van der Waals surface area contributed by atoms with Crippen molar-refractivity contribution in [2.75, 3.05) is 10.6 Å². The standard InChI is InChI=1S/C7H7BrN2O2/c1-3-6(11)10-4-2-5(8)12-7(4)9-3/h2-3,9H,1H3,(H,10,11). The van der Waals surface area contributed by atoms with Gasteiger partial charge in [0.15, 0.2) is 4.67 Å². The molecule has 1 atom stereocenters. The van der Waals surface area contributed by atoms with E-state index < -0.39 is 0 Å². The number of carbonyl (C=O) groups excluding carboxylic acids is 1. The van der Waals surface area contributed by atoms with Crippen LogP contribution in [0.3, 0.4) is 0 Å². The first-order valence-corrected chi connectivity index (χ1v) is 4.33. The van der Waals surface area contributed by atoms with E-state index in [1.54, 1.807) is 13.0 Å². The molecule has 0 bridgehead atoms. The van der Waals surface area contributed by atoms with E-state index in [0.717, 1.165) is 0 Å². The number of rotatable bonds is 0. The van der Waals surface area contributed by atoms with Crippen molar-refractivity contribution in [2.24, 2.45) is 0 Å². The predicted molar refractivity (Wildman–Crippen MR) is 48.1 cm³/mol. The lowest BCUT2D eigenvalue weighted by Gasteiger charge is -2.19. The minimum absolute atomic E-state index is 0.0456. The van der Waals surface area contributed by atoms with Gasteiger partial charge in [0.05, 0.1) is 0 Å². The summed E-state index contributed by atoms with van der Waals surface area (Å²) in [7, 11) is 0. The highest BCUT2D eigenvalue weighted by Gasteiger charge is 2.24. The van der Waals surface area contributed by atoms with Crippen LogP contribution < -0.4 is 10.6 Å². The largest absolute Gasteiger partial charge is 0.432 e. The van der Waals surface area contributed by atoms with Gasteiger partial charge in [-0.15, -0.1) is 0 Å². The molecular weight excluding hydrogens is 224 g/mol. The van der Waals surface area contributed by atoms with E-state index in [1.807, 2.05) is 0 Å². The molecule has 2 heterocycles. The smallest absolute Gasteiger partial charge is 0.246 e. The fourth-order valence-electron chi connectivity index (χ4n) is 1.06. The van der Waals surface area contributed by atoms with E-state index in [9.17, 15) is 4.79 Å². The maximum absolute atomic E-state index is 11.1. The molecule has 0 radical (unpaired) electrons. The normalized spacial score (nSPS) is 21.2. The molecule has 0 saturated carbocycles. The highest BCUT2D eigenvalue weighted by atomic mass is 79.9. The third-order valence-electron chi connectivity index (χ3n) is 1.70. The number of hydrogen-bond acceptors (Lipinski definition) is 3. The molecule has 0 fully saturated rings. The topological polar surface area (TPSA) is 54.3 Å². The second kappa shape index (κ2) is 2.52. The Balaban J connectivity index is 2.39. The zero-order valence-corrected chi connectivity index (χ0v) is 7.94. The molecule has 0 spiro atoms. The minimum atomic E-state index is -0.240. The van der Waals surface area contributed by atoms with Gasteiger partial charge in [0.1, 0.15) is 11.7 Å². The molecule has 0 saturated heterocycles. The summed E-state index contributed by atoms with van der Waals surface area (Å²) in [5.74, 6) is 0.560. The Bertz CT molecular complexity index is 334.